The van der Waals surface area contributed by atoms with Crippen molar-refractivity contribution in [2.45, 2.75) is 13.3 Å². The van der Waals surface area contributed by atoms with Gasteiger partial charge in [0.1, 0.15) is 12.3 Å². The summed E-state index contributed by atoms with van der Waals surface area (Å²) < 4.78 is 2.05. The van der Waals surface area contributed by atoms with Crippen LogP contribution in [0, 0.1) is 0 Å². The second-order valence-electron chi connectivity index (χ2n) is 2.11. The van der Waals surface area contributed by atoms with Crippen molar-refractivity contribution < 1.29 is 4.58 Å². The van der Waals surface area contributed by atoms with Crippen LogP contribution in [0.25, 0.3) is 0 Å². The van der Waals surface area contributed by atoms with Crippen LogP contribution in [-0.2, 0) is 0 Å². The van der Waals surface area contributed by atoms with Gasteiger partial charge in [0.05, 0.1) is 7.05 Å². The van der Waals surface area contributed by atoms with Crippen LogP contribution in [0.3, 0.4) is 0 Å². The monoisotopic (exact) mass is 126 g/mol. The molecule has 9 heavy (non-hydrogen) atoms. The maximum absolute atomic E-state index is 3.89. The SMILES string of the molecule is CCC1=[N+](C)C=NNC1. The quantitative estimate of drug-likeness (QED) is 0.493. The van der Waals surface area contributed by atoms with Crippen molar-refractivity contribution in [1.29, 1.82) is 0 Å². The van der Waals surface area contributed by atoms with Crippen LogP contribution >= 0.6 is 0 Å². The predicted molar refractivity (Wildman–Crippen MR) is 38.0 cm³/mol. The Labute approximate surface area is 55.1 Å². The molecular weight excluding hydrogens is 114 g/mol. The molecule has 0 fully saturated rings. The summed E-state index contributed by atoms with van der Waals surface area (Å²) in [5.74, 6) is 0. The summed E-state index contributed by atoms with van der Waals surface area (Å²) in [6.07, 6.45) is 2.89. The van der Waals surface area contributed by atoms with Gasteiger partial charge >= 0.3 is 6.34 Å². The van der Waals surface area contributed by atoms with Crippen LogP contribution in [-0.4, -0.2) is 30.2 Å². The first-order chi connectivity index (χ1) is 4.34. The van der Waals surface area contributed by atoms with E-state index in [0.717, 1.165) is 13.0 Å². The molecule has 1 heterocycles. The normalized spacial score (nSPS) is 18.0. The molecule has 0 aromatic carbocycles. The van der Waals surface area contributed by atoms with Crippen molar-refractivity contribution in [3.63, 3.8) is 0 Å². The van der Waals surface area contributed by atoms with Gasteiger partial charge < -0.3 is 0 Å². The van der Waals surface area contributed by atoms with Crippen molar-refractivity contribution in [1.82, 2.24) is 5.43 Å². The van der Waals surface area contributed by atoms with Gasteiger partial charge in [0, 0.05) is 11.5 Å². The zero-order valence-corrected chi connectivity index (χ0v) is 5.89. The third-order valence-electron chi connectivity index (χ3n) is 1.51. The van der Waals surface area contributed by atoms with Gasteiger partial charge in [-0.3, -0.25) is 0 Å². The van der Waals surface area contributed by atoms with Gasteiger partial charge in [-0.15, -0.1) is 0 Å². The maximum Gasteiger partial charge on any atom is 0.311 e. The highest BCUT2D eigenvalue weighted by Crippen LogP contribution is 1.85. The molecule has 3 nitrogen and oxygen atoms in total. The fourth-order valence-corrected chi connectivity index (χ4v) is 0.845. The van der Waals surface area contributed by atoms with E-state index in [4.69, 9.17) is 0 Å². The minimum Gasteiger partial charge on any atom is -0.237 e. The van der Waals surface area contributed by atoms with E-state index in [1.165, 1.54) is 5.71 Å². The van der Waals surface area contributed by atoms with E-state index in [-0.39, 0.29) is 0 Å². The third kappa shape index (κ3) is 1.28. The van der Waals surface area contributed by atoms with Gasteiger partial charge in [-0.25, -0.2) is 10.0 Å². The van der Waals surface area contributed by atoms with Gasteiger partial charge in [-0.1, -0.05) is 6.92 Å². The first-order valence-corrected chi connectivity index (χ1v) is 3.18. The topological polar surface area (TPSA) is 27.4 Å². The number of hydrazone groups is 1. The average Bonchev–Trinajstić information content (AvgIpc) is 1.89. The number of nitrogens with one attached hydrogen (secondary N) is 1. The zero-order chi connectivity index (χ0) is 6.69. The molecule has 1 aliphatic rings. The fraction of sp³-hybridized carbons (Fsp3) is 0.667. The van der Waals surface area contributed by atoms with Crippen LogP contribution in [0.5, 0.6) is 0 Å². The number of rotatable bonds is 1. The minimum atomic E-state index is 0.892. The number of nitrogens with zero attached hydrogens (tertiary/aromatic N) is 2. The molecule has 0 aromatic heterocycles. The van der Waals surface area contributed by atoms with Gasteiger partial charge in [0.15, 0.2) is 0 Å². The van der Waals surface area contributed by atoms with Crippen LogP contribution in [0.4, 0.5) is 0 Å². The Kier molecular flexibility index (Phi) is 1.82. The molecule has 0 aromatic rings. The average molecular weight is 126 g/mol. The van der Waals surface area contributed by atoms with E-state index in [1.807, 2.05) is 7.05 Å². The molecule has 1 N–H and O–H groups in total. The van der Waals surface area contributed by atoms with Crippen molar-refractivity contribution in [3.8, 4) is 0 Å². The first-order valence-electron chi connectivity index (χ1n) is 3.18. The lowest BCUT2D eigenvalue weighted by atomic mass is 10.3. The Hall–Kier alpha value is -0.860. The number of hydrogen-bond acceptors (Lipinski definition) is 2. The standard InChI is InChI=1S/C6H12N3/c1-3-6-4-7-8-5-9(6)2/h5,7H,3-4H2,1-2H3/q+1. The molecule has 0 saturated heterocycles. The Morgan fingerprint density at radius 3 is 3.11 bits per heavy atom. The third-order valence-corrected chi connectivity index (χ3v) is 1.51. The largest absolute Gasteiger partial charge is 0.311 e. The summed E-state index contributed by atoms with van der Waals surface area (Å²) in [5.41, 5.74) is 4.29. The number of hydrogen-bond donors (Lipinski definition) is 1. The Morgan fingerprint density at radius 1 is 1.89 bits per heavy atom. The molecule has 0 saturated carbocycles. The molecule has 1 rings (SSSR count). The summed E-state index contributed by atoms with van der Waals surface area (Å²) in [6, 6.07) is 0. The maximum atomic E-state index is 3.89. The molecule has 50 valence electrons. The Morgan fingerprint density at radius 2 is 2.67 bits per heavy atom. The van der Waals surface area contributed by atoms with Gasteiger partial charge in [-0.05, 0) is 0 Å². The summed E-state index contributed by atoms with van der Waals surface area (Å²) in [7, 11) is 2.02. The smallest absolute Gasteiger partial charge is 0.237 e. The molecule has 0 aliphatic carbocycles. The van der Waals surface area contributed by atoms with Crippen molar-refractivity contribution in [2.24, 2.45) is 5.10 Å². The van der Waals surface area contributed by atoms with Crippen LogP contribution in [0.2, 0.25) is 0 Å². The summed E-state index contributed by atoms with van der Waals surface area (Å²) in [4.78, 5) is 0. The molecule has 0 radical (unpaired) electrons. The summed E-state index contributed by atoms with van der Waals surface area (Å²) in [5, 5.41) is 3.89. The fourth-order valence-electron chi connectivity index (χ4n) is 0.845. The molecule has 0 spiro atoms. The lowest BCUT2D eigenvalue weighted by molar-refractivity contribution is -0.365. The molecule has 0 atom stereocenters. The van der Waals surface area contributed by atoms with E-state index < -0.39 is 0 Å². The molecule has 0 unspecified atom stereocenters. The van der Waals surface area contributed by atoms with Gasteiger partial charge in [0.2, 0.25) is 0 Å². The van der Waals surface area contributed by atoms with Crippen molar-refractivity contribution >= 4 is 12.1 Å². The lowest BCUT2D eigenvalue weighted by Crippen LogP contribution is -2.31. The molecular formula is C6H12N3+. The second kappa shape index (κ2) is 2.62. The van der Waals surface area contributed by atoms with Crippen molar-refractivity contribution in [2.75, 3.05) is 13.6 Å². The highest BCUT2D eigenvalue weighted by Gasteiger charge is 2.07. The first kappa shape index (κ1) is 6.26. The van der Waals surface area contributed by atoms with Crippen molar-refractivity contribution in [3.05, 3.63) is 0 Å². The van der Waals surface area contributed by atoms with E-state index in [0.29, 0.717) is 0 Å². The molecule has 0 amide bonds. The molecule has 3 heteroatoms. The predicted octanol–water partition coefficient (Wildman–Crippen LogP) is 0.0262. The van der Waals surface area contributed by atoms with E-state index in [9.17, 15) is 0 Å². The van der Waals surface area contributed by atoms with Crippen LogP contribution in [0.1, 0.15) is 13.3 Å². The van der Waals surface area contributed by atoms with Crippen LogP contribution < -0.4 is 5.43 Å². The zero-order valence-electron chi connectivity index (χ0n) is 5.89. The van der Waals surface area contributed by atoms with E-state index in [2.05, 4.69) is 22.0 Å². The summed E-state index contributed by atoms with van der Waals surface area (Å²) >= 11 is 0. The Bertz CT molecular complexity index is 158. The van der Waals surface area contributed by atoms with Crippen LogP contribution in [0.15, 0.2) is 5.10 Å². The highest BCUT2D eigenvalue weighted by atomic mass is 15.3. The van der Waals surface area contributed by atoms with Gasteiger partial charge in [-0.2, -0.15) is 0 Å². The molecule has 0 bridgehead atoms. The van der Waals surface area contributed by atoms with Gasteiger partial charge in [0.25, 0.3) is 0 Å². The lowest BCUT2D eigenvalue weighted by Gasteiger charge is -2.04. The van der Waals surface area contributed by atoms with E-state index >= 15 is 0 Å². The minimum absolute atomic E-state index is 0.892. The Balaban J connectivity index is 2.72. The summed E-state index contributed by atoms with van der Waals surface area (Å²) in [6.45, 7) is 3.04. The highest BCUT2D eigenvalue weighted by molar-refractivity contribution is 5.84. The van der Waals surface area contributed by atoms with E-state index in [1.54, 1.807) is 6.34 Å². The second-order valence-corrected chi connectivity index (χ2v) is 2.11. The molecule has 1 aliphatic heterocycles.